The Balaban J connectivity index is 1.73. The van der Waals surface area contributed by atoms with Gasteiger partial charge in [-0.1, -0.05) is 42.5 Å². The van der Waals surface area contributed by atoms with Crippen LogP contribution < -0.4 is 5.32 Å². The van der Waals surface area contributed by atoms with Crippen LogP contribution in [0.2, 0.25) is 0 Å². The Labute approximate surface area is 171 Å². The Bertz CT molecular complexity index is 1120. The number of hydrogen-bond acceptors (Lipinski definition) is 4. The van der Waals surface area contributed by atoms with E-state index in [1.165, 1.54) is 18.8 Å². The van der Waals surface area contributed by atoms with Gasteiger partial charge >= 0.3 is 0 Å². The number of benzene rings is 2. The van der Waals surface area contributed by atoms with Crippen molar-refractivity contribution in [2.75, 3.05) is 19.4 Å². The molecule has 1 N–H and O–H groups in total. The van der Waals surface area contributed by atoms with E-state index in [2.05, 4.69) is 10.4 Å². The molecule has 7 nitrogen and oxygen atoms in total. The van der Waals surface area contributed by atoms with Crippen LogP contribution in [0.5, 0.6) is 0 Å². The molecule has 1 heterocycles. The second-order valence-electron chi connectivity index (χ2n) is 6.94. The van der Waals surface area contributed by atoms with Gasteiger partial charge in [-0.2, -0.15) is 5.10 Å². The minimum atomic E-state index is -3.62. The van der Waals surface area contributed by atoms with Crippen molar-refractivity contribution in [3.63, 3.8) is 0 Å². The lowest BCUT2D eigenvalue weighted by Gasteiger charge is -2.12. The molecule has 1 aromatic heterocycles. The molecule has 0 spiro atoms. The molecule has 0 saturated carbocycles. The van der Waals surface area contributed by atoms with Crippen LogP contribution >= 0.6 is 0 Å². The number of nitrogens with zero attached hydrogens (tertiary/aromatic N) is 3. The average Bonchev–Trinajstić information content (AvgIpc) is 2.96. The molecule has 0 aliphatic rings. The van der Waals surface area contributed by atoms with Gasteiger partial charge in [-0.15, -0.1) is 0 Å². The second kappa shape index (κ2) is 8.18. The summed E-state index contributed by atoms with van der Waals surface area (Å²) >= 11 is 0. The van der Waals surface area contributed by atoms with Gasteiger partial charge in [0.1, 0.15) is 11.4 Å². The normalized spacial score (nSPS) is 11.6. The van der Waals surface area contributed by atoms with Crippen molar-refractivity contribution in [2.24, 2.45) is 0 Å². The number of rotatable bonds is 6. The number of nitrogens with one attached hydrogen (secondary N) is 1. The number of sulfonamides is 1. The first kappa shape index (κ1) is 20.8. The van der Waals surface area contributed by atoms with E-state index in [9.17, 15) is 13.2 Å². The number of aromatic nitrogens is 2. The molecule has 3 aromatic rings. The number of aryl methyl sites for hydroxylation is 1. The van der Waals surface area contributed by atoms with Crippen LogP contribution in [0.25, 0.3) is 11.1 Å². The number of anilines is 1. The number of carbonyl (C=O) groups is 1. The van der Waals surface area contributed by atoms with Gasteiger partial charge in [0.25, 0.3) is 0 Å². The summed E-state index contributed by atoms with van der Waals surface area (Å²) in [7, 11) is -0.686. The van der Waals surface area contributed by atoms with E-state index in [4.69, 9.17) is 0 Å². The molecule has 1 amide bonds. The molecule has 0 atom stereocenters. The summed E-state index contributed by atoms with van der Waals surface area (Å²) in [6.07, 6.45) is 0. The standard InChI is InChI=1S/C21H24N4O3S/c1-15-21(29(27,28)24(3)4)16(2)25(23-15)14-20(26)22-19-12-10-18(11-13-19)17-8-6-5-7-9-17/h5-13H,14H2,1-4H3,(H,22,26). The lowest BCUT2D eigenvalue weighted by molar-refractivity contribution is -0.116. The highest BCUT2D eigenvalue weighted by Crippen LogP contribution is 2.23. The molecular weight excluding hydrogens is 388 g/mol. The summed E-state index contributed by atoms with van der Waals surface area (Å²) < 4.78 is 27.5. The van der Waals surface area contributed by atoms with E-state index in [0.717, 1.165) is 15.4 Å². The Kier molecular flexibility index (Phi) is 5.86. The second-order valence-corrected chi connectivity index (χ2v) is 9.03. The average molecular weight is 413 g/mol. The zero-order chi connectivity index (χ0) is 21.2. The minimum absolute atomic E-state index is 0.0734. The van der Waals surface area contributed by atoms with Crippen molar-refractivity contribution >= 4 is 21.6 Å². The van der Waals surface area contributed by atoms with Crippen molar-refractivity contribution in [1.29, 1.82) is 0 Å². The molecule has 0 saturated heterocycles. The maximum atomic E-state index is 12.5. The fraction of sp³-hybridized carbons (Fsp3) is 0.238. The van der Waals surface area contributed by atoms with Gasteiger partial charge in [0, 0.05) is 19.8 Å². The van der Waals surface area contributed by atoms with Crippen molar-refractivity contribution < 1.29 is 13.2 Å². The summed E-state index contributed by atoms with van der Waals surface area (Å²) in [5.74, 6) is -0.281. The first-order chi connectivity index (χ1) is 13.7. The highest BCUT2D eigenvalue weighted by Gasteiger charge is 2.27. The zero-order valence-corrected chi connectivity index (χ0v) is 17.7. The summed E-state index contributed by atoms with van der Waals surface area (Å²) in [6.45, 7) is 3.20. The number of carbonyl (C=O) groups excluding carboxylic acids is 1. The van der Waals surface area contributed by atoms with E-state index in [1.54, 1.807) is 13.8 Å². The van der Waals surface area contributed by atoms with Gasteiger partial charge in [0.15, 0.2) is 0 Å². The quantitative estimate of drug-likeness (QED) is 0.674. The van der Waals surface area contributed by atoms with E-state index in [-0.39, 0.29) is 17.3 Å². The topological polar surface area (TPSA) is 84.3 Å². The van der Waals surface area contributed by atoms with Crippen LogP contribution in [0.4, 0.5) is 5.69 Å². The molecule has 0 unspecified atom stereocenters. The molecule has 3 rings (SSSR count). The third-order valence-electron chi connectivity index (χ3n) is 4.62. The fourth-order valence-corrected chi connectivity index (χ4v) is 4.36. The minimum Gasteiger partial charge on any atom is -0.324 e. The van der Waals surface area contributed by atoms with Crippen LogP contribution in [-0.2, 0) is 21.4 Å². The lowest BCUT2D eigenvalue weighted by atomic mass is 10.1. The van der Waals surface area contributed by atoms with Gasteiger partial charge in [0.2, 0.25) is 15.9 Å². The van der Waals surface area contributed by atoms with Gasteiger partial charge in [-0.05, 0) is 37.1 Å². The third-order valence-corrected chi connectivity index (χ3v) is 6.69. The highest BCUT2D eigenvalue weighted by atomic mass is 32.2. The molecule has 0 aliphatic carbocycles. The van der Waals surface area contributed by atoms with Crippen molar-refractivity contribution in [3.8, 4) is 11.1 Å². The largest absolute Gasteiger partial charge is 0.324 e. The van der Waals surface area contributed by atoms with Gasteiger partial charge in [-0.25, -0.2) is 12.7 Å². The number of hydrogen-bond donors (Lipinski definition) is 1. The first-order valence-corrected chi connectivity index (χ1v) is 10.6. The van der Waals surface area contributed by atoms with E-state index < -0.39 is 10.0 Å². The molecule has 0 radical (unpaired) electrons. The molecule has 0 aliphatic heterocycles. The Morgan fingerprint density at radius 2 is 1.59 bits per heavy atom. The Morgan fingerprint density at radius 3 is 2.17 bits per heavy atom. The van der Waals surface area contributed by atoms with Crippen LogP contribution in [0.15, 0.2) is 59.5 Å². The molecular formula is C21H24N4O3S. The predicted molar refractivity (Wildman–Crippen MR) is 113 cm³/mol. The summed E-state index contributed by atoms with van der Waals surface area (Å²) in [5, 5.41) is 7.07. The molecule has 0 fully saturated rings. The highest BCUT2D eigenvalue weighted by molar-refractivity contribution is 7.89. The monoisotopic (exact) mass is 412 g/mol. The number of amides is 1. The van der Waals surface area contributed by atoms with Crippen molar-refractivity contribution in [3.05, 3.63) is 66.0 Å². The van der Waals surface area contributed by atoms with Gasteiger partial charge in [0.05, 0.1) is 11.4 Å². The smallest absolute Gasteiger partial charge is 0.246 e. The van der Waals surface area contributed by atoms with Crippen LogP contribution in [0.1, 0.15) is 11.4 Å². The van der Waals surface area contributed by atoms with E-state index in [0.29, 0.717) is 17.1 Å². The summed E-state index contributed by atoms with van der Waals surface area (Å²) in [6, 6.07) is 17.5. The fourth-order valence-electron chi connectivity index (χ4n) is 3.10. The van der Waals surface area contributed by atoms with Crippen molar-refractivity contribution in [2.45, 2.75) is 25.3 Å². The SMILES string of the molecule is Cc1nn(CC(=O)Nc2ccc(-c3ccccc3)cc2)c(C)c1S(=O)(=O)N(C)C. The zero-order valence-electron chi connectivity index (χ0n) is 16.9. The third kappa shape index (κ3) is 4.38. The molecule has 152 valence electrons. The Hall–Kier alpha value is -2.97. The Morgan fingerprint density at radius 1 is 1.00 bits per heavy atom. The summed E-state index contributed by atoms with van der Waals surface area (Å²) in [4.78, 5) is 12.6. The lowest BCUT2D eigenvalue weighted by Crippen LogP contribution is -2.24. The molecule has 2 aromatic carbocycles. The van der Waals surface area contributed by atoms with Gasteiger partial charge in [-0.3, -0.25) is 9.48 Å². The van der Waals surface area contributed by atoms with Crippen LogP contribution in [-0.4, -0.2) is 42.5 Å². The molecule has 8 heteroatoms. The van der Waals surface area contributed by atoms with Crippen molar-refractivity contribution in [1.82, 2.24) is 14.1 Å². The predicted octanol–water partition coefficient (Wildman–Crippen LogP) is 3.06. The maximum absolute atomic E-state index is 12.5. The van der Waals surface area contributed by atoms with Gasteiger partial charge < -0.3 is 5.32 Å². The van der Waals surface area contributed by atoms with Crippen LogP contribution in [0, 0.1) is 13.8 Å². The first-order valence-electron chi connectivity index (χ1n) is 9.12. The van der Waals surface area contributed by atoms with E-state index >= 15 is 0 Å². The molecule has 29 heavy (non-hydrogen) atoms. The summed E-state index contributed by atoms with van der Waals surface area (Å²) in [5.41, 5.74) is 3.63. The molecule has 0 bridgehead atoms. The van der Waals surface area contributed by atoms with Crippen LogP contribution in [0.3, 0.4) is 0 Å². The van der Waals surface area contributed by atoms with E-state index in [1.807, 2.05) is 54.6 Å². The maximum Gasteiger partial charge on any atom is 0.246 e.